The van der Waals surface area contributed by atoms with Crippen molar-refractivity contribution in [2.45, 2.75) is 23.0 Å². The number of fused-ring (bicyclic) bond motifs is 1. The Balaban J connectivity index is 1.75. The molecule has 0 radical (unpaired) electrons. The first-order valence-electron chi connectivity index (χ1n) is 9.31. The molecule has 2 aromatic heterocycles. The Hall–Kier alpha value is -2.68. The van der Waals surface area contributed by atoms with Gasteiger partial charge in [0, 0.05) is 6.54 Å². The lowest BCUT2D eigenvalue weighted by Crippen LogP contribution is -2.05. The number of halogens is 2. The first-order chi connectivity index (χ1) is 15.0. The monoisotopic (exact) mass is 475 g/mol. The zero-order valence-corrected chi connectivity index (χ0v) is 19.1. The van der Waals surface area contributed by atoms with Gasteiger partial charge in [-0.25, -0.2) is 15.0 Å². The average molecular weight is 476 g/mol. The van der Waals surface area contributed by atoms with Gasteiger partial charge in [-0.2, -0.15) is 0 Å². The Morgan fingerprint density at radius 2 is 1.94 bits per heavy atom. The third-order valence-corrected chi connectivity index (χ3v) is 6.62. The number of aryl methyl sites for hydroxylation is 2. The molecule has 0 atom stereocenters. The SMILES string of the molecule is COc1ccc(OC)c(Sc2nc3c(N)ncnc3n2CCc2cccc(Cl)c2Cl)c1. The summed E-state index contributed by atoms with van der Waals surface area (Å²) in [5, 5.41) is 1.77. The molecule has 0 spiro atoms. The van der Waals surface area contributed by atoms with Gasteiger partial charge in [0.1, 0.15) is 17.8 Å². The Bertz CT molecular complexity index is 1250. The molecule has 2 N–H and O–H groups in total. The van der Waals surface area contributed by atoms with Crippen LogP contribution in [-0.2, 0) is 13.0 Å². The Labute approximate surface area is 193 Å². The number of aromatic nitrogens is 4. The lowest BCUT2D eigenvalue weighted by Gasteiger charge is -2.12. The van der Waals surface area contributed by atoms with Gasteiger partial charge in [0.25, 0.3) is 0 Å². The van der Waals surface area contributed by atoms with Gasteiger partial charge in [-0.05, 0) is 48.0 Å². The van der Waals surface area contributed by atoms with Crippen LogP contribution in [0.2, 0.25) is 10.0 Å². The molecule has 0 unspecified atom stereocenters. The molecule has 2 aromatic carbocycles. The van der Waals surface area contributed by atoms with Crippen LogP contribution >= 0.6 is 35.0 Å². The number of nitrogens with zero attached hydrogens (tertiary/aromatic N) is 4. The molecule has 0 amide bonds. The van der Waals surface area contributed by atoms with Crippen LogP contribution in [0.5, 0.6) is 11.5 Å². The minimum atomic E-state index is 0.323. The van der Waals surface area contributed by atoms with Crippen molar-refractivity contribution >= 4 is 51.9 Å². The molecular formula is C21H19Cl2N5O2S. The quantitative estimate of drug-likeness (QED) is 0.396. The average Bonchev–Trinajstić information content (AvgIpc) is 3.13. The second kappa shape index (κ2) is 9.21. The fourth-order valence-corrected chi connectivity index (χ4v) is 4.61. The van der Waals surface area contributed by atoms with Crippen LogP contribution < -0.4 is 15.2 Å². The van der Waals surface area contributed by atoms with Crippen molar-refractivity contribution in [1.82, 2.24) is 19.5 Å². The third kappa shape index (κ3) is 4.37. The largest absolute Gasteiger partial charge is 0.497 e. The summed E-state index contributed by atoms with van der Waals surface area (Å²) in [6.07, 6.45) is 2.07. The zero-order chi connectivity index (χ0) is 22.0. The van der Waals surface area contributed by atoms with Gasteiger partial charge in [0.2, 0.25) is 0 Å². The van der Waals surface area contributed by atoms with Gasteiger partial charge < -0.3 is 19.8 Å². The summed E-state index contributed by atoms with van der Waals surface area (Å²) in [6.45, 7) is 0.571. The van der Waals surface area contributed by atoms with E-state index in [0.29, 0.717) is 50.9 Å². The number of rotatable bonds is 7. The molecule has 2 heterocycles. The summed E-state index contributed by atoms with van der Waals surface area (Å²) >= 11 is 14.0. The van der Waals surface area contributed by atoms with E-state index in [2.05, 4.69) is 9.97 Å². The number of nitrogen functional groups attached to an aromatic ring is 1. The van der Waals surface area contributed by atoms with E-state index < -0.39 is 0 Å². The normalized spacial score (nSPS) is 11.1. The van der Waals surface area contributed by atoms with Crippen LogP contribution in [0.4, 0.5) is 5.82 Å². The van der Waals surface area contributed by atoms with Gasteiger partial charge in [-0.3, -0.25) is 0 Å². The highest BCUT2D eigenvalue weighted by Gasteiger charge is 2.18. The van der Waals surface area contributed by atoms with Crippen LogP contribution in [0.3, 0.4) is 0 Å². The van der Waals surface area contributed by atoms with Crippen molar-refractivity contribution in [3.05, 3.63) is 58.3 Å². The maximum absolute atomic E-state index is 6.38. The van der Waals surface area contributed by atoms with E-state index in [1.807, 2.05) is 34.9 Å². The fraction of sp³-hybridized carbons (Fsp3) is 0.190. The van der Waals surface area contributed by atoms with Crippen molar-refractivity contribution in [3.63, 3.8) is 0 Å². The molecule has 31 heavy (non-hydrogen) atoms. The Morgan fingerprint density at radius 3 is 2.71 bits per heavy atom. The van der Waals surface area contributed by atoms with Crippen LogP contribution in [0.25, 0.3) is 11.2 Å². The summed E-state index contributed by atoms with van der Waals surface area (Å²) in [4.78, 5) is 14.0. The highest BCUT2D eigenvalue weighted by molar-refractivity contribution is 7.99. The summed E-state index contributed by atoms with van der Waals surface area (Å²) in [5.41, 5.74) is 8.20. The lowest BCUT2D eigenvalue weighted by molar-refractivity contribution is 0.394. The highest BCUT2D eigenvalue weighted by atomic mass is 35.5. The molecule has 4 rings (SSSR count). The molecule has 0 saturated heterocycles. The molecule has 0 fully saturated rings. The number of nitrogens with two attached hydrogens (primary N) is 1. The molecule has 0 aliphatic rings. The van der Waals surface area contributed by atoms with Crippen LogP contribution in [-0.4, -0.2) is 33.7 Å². The van der Waals surface area contributed by atoms with Crippen LogP contribution in [0.15, 0.2) is 52.8 Å². The smallest absolute Gasteiger partial charge is 0.175 e. The standard InChI is InChI=1S/C21H19Cl2N5O2S/c1-29-13-6-7-15(30-2)16(10-13)31-21-27-18-19(24)25-11-26-20(18)28(21)9-8-12-4-3-5-14(22)17(12)23/h3-7,10-11H,8-9H2,1-2H3,(H2,24,25,26). The van der Waals surface area contributed by atoms with Gasteiger partial charge >= 0.3 is 0 Å². The third-order valence-electron chi connectivity index (χ3n) is 4.73. The molecule has 4 aromatic rings. The van der Waals surface area contributed by atoms with E-state index in [1.165, 1.54) is 18.1 Å². The molecule has 0 bridgehead atoms. The van der Waals surface area contributed by atoms with Gasteiger partial charge in [-0.1, -0.05) is 35.3 Å². The van der Waals surface area contributed by atoms with Gasteiger partial charge in [0.15, 0.2) is 22.1 Å². The van der Waals surface area contributed by atoms with E-state index in [9.17, 15) is 0 Å². The van der Waals surface area contributed by atoms with E-state index in [1.54, 1.807) is 20.3 Å². The fourth-order valence-electron chi connectivity index (χ4n) is 3.15. The molecule has 10 heteroatoms. The predicted molar refractivity (Wildman–Crippen MR) is 124 cm³/mol. The minimum Gasteiger partial charge on any atom is -0.497 e. The van der Waals surface area contributed by atoms with Crippen molar-refractivity contribution in [3.8, 4) is 11.5 Å². The summed E-state index contributed by atoms with van der Waals surface area (Å²) in [5.74, 6) is 1.75. The van der Waals surface area contributed by atoms with Gasteiger partial charge in [0.05, 0.1) is 29.2 Å². The maximum Gasteiger partial charge on any atom is 0.175 e. The first kappa shape index (κ1) is 21.5. The molecule has 160 valence electrons. The number of ether oxygens (including phenoxy) is 2. The maximum atomic E-state index is 6.38. The summed E-state index contributed by atoms with van der Waals surface area (Å²) < 4.78 is 12.9. The zero-order valence-electron chi connectivity index (χ0n) is 16.8. The van der Waals surface area contributed by atoms with Crippen LogP contribution in [0, 0.1) is 0 Å². The molecular weight excluding hydrogens is 457 g/mol. The lowest BCUT2D eigenvalue weighted by atomic mass is 10.1. The molecule has 0 aliphatic carbocycles. The van der Waals surface area contributed by atoms with E-state index in [-0.39, 0.29) is 0 Å². The van der Waals surface area contributed by atoms with Crippen molar-refractivity contribution in [1.29, 1.82) is 0 Å². The number of anilines is 1. The number of methoxy groups -OCH3 is 2. The predicted octanol–water partition coefficient (Wildman–Crippen LogP) is 5.13. The number of benzene rings is 2. The van der Waals surface area contributed by atoms with Crippen molar-refractivity contribution in [2.24, 2.45) is 0 Å². The second-order valence-corrected chi connectivity index (χ2v) is 8.35. The molecule has 0 saturated carbocycles. The summed E-state index contributed by atoms with van der Waals surface area (Å²) in [6, 6.07) is 11.2. The van der Waals surface area contributed by atoms with E-state index >= 15 is 0 Å². The summed E-state index contributed by atoms with van der Waals surface area (Å²) in [7, 11) is 3.25. The first-order valence-corrected chi connectivity index (χ1v) is 10.9. The highest BCUT2D eigenvalue weighted by Crippen LogP contribution is 2.38. The van der Waals surface area contributed by atoms with E-state index in [4.69, 9.17) is 43.4 Å². The van der Waals surface area contributed by atoms with Crippen molar-refractivity contribution < 1.29 is 9.47 Å². The van der Waals surface area contributed by atoms with Crippen molar-refractivity contribution in [2.75, 3.05) is 20.0 Å². The topological polar surface area (TPSA) is 88.1 Å². The molecule has 7 nitrogen and oxygen atoms in total. The Kier molecular flexibility index (Phi) is 6.41. The molecule has 0 aliphatic heterocycles. The van der Waals surface area contributed by atoms with Crippen LogP contribution in [0.1, 0.15) is 5.56 Å². The minimum absolute atomic E-state index is 0.323. The second-order valence-electron chi connectivity index (χ2n) is 6.56. The number of hydrogen-bond acceptors (Lipinski definition) is 7. The van der Waals surface area contributed by atoms with E-state index in [0.717, 1.165) is 16.2 Å². The number of hydrogen-bond donors (Lipinski definition) is 1. The number of imidazole rings is 1. The van der Waals surface area contributed by atoms with Gasteiger partial charge in [-0.15, -0.1) is 0 Å². The Morgan fingerprint density at radius 1 is 1.10 bits per heavy atom.